The Morgan fingerprint density at radius 1 is 0.892 bits per heavy atom. The molecule has 1 heterocycles. The average molecular weight is 506 g/mol. The van der Waals surface area contributed by atoms with Gasteiger partial charge in [0.2, 0.25) is 0 Å². The summed E-state index contributed by atoms with van der Waals surface area (Å²) in [4.78, 5) is 15.0. The molecule has 37 heavy (non-hydrogen) atoms. The standard InChI is InChI=1S/C28H23F2NO4.C2H6/c1-18(14-32)15-35-28-19(2)5-3-6-21(28)16-33-24-7-4-8-25(13-24)34-17-23-10-9-20-11-22(29)12-26(30)27(20)31-23;1-2/h3-13H,15-17H2,1-2H3;1-2H3. The summed E-state index contributed by atoms with van der Waals surface area (Å²) in [5.41, 5.74) is 2.86. The maximum atomic E-state index is 14.0. The molecule has 0 saturated heterocycles. The SMILES string of the molecule is CC.CC(=C=O)COc1c(C)cccc1COc1cccc(OCc2ccc3cc(F)cc(F)c3n2)c1. The zero-order valence-corrected chi connectivity index (χ0v) is 21.3. The number of rotatable bonds is 9. The third-order valence-electron chi connectivity index (χ3n) is 5.26. The zero-order valence-electron chi connectivity index (χ0n) is 21.3. The molecule has 0 aliphatic rings. The molecule has 3 aromatic carbocycles. The van der Waals surface area contributed by atoms with Gasteiger partial charge in [-0.3, -0.25) is 0 Å². The number of fused-ring (bicyclic) bond motifs is 1. The van der Waals surface area contributed by atoms with Crippen molar-refractivity contribution in [3.63, 3.8) is 0 Å². The van der Waals surface area contributed by atoms with Crippen LogP contribution in [0.5, 0.6) is 17.2 Å². The Morgan fingerprint density at radius 2 is 1.59 bits per heavy atom. The average Bonchev–Trinajstić information content (AvgIpc) is 2.91. The number of aryl methyl sites for hydroxylation is 1. The number of hydrogen-bond acceptors (Lipinski definition) is 5. The van der Waals surface area contributed by atoms with Crippen LogP contribution in [0.4, 0.5) is 8.78 Å². The highest BCUT2D eigenvalue weighted by Gasteiger charge is 2.10. The Balaban J connectivity index is 0.00000186. The van der Waals surface area contributed by atoms with Gasteiger partial charge in [0.25, 0.3) is 0 Å². The van der Waals surface area contributed by atoms with Crippen molar-refractivity contribution < 1.29 is 27.8 Å². The molecule has 192 valence electrons. The van der Waals surface area contributed by atoms with Crippen molar-refractivity contribution >= 4 is 16.8 Å². The summed E-state index contributed by atoms with van der Waals surface area (Å²) in [6.07, 6.45) is 0. The van der Waals surface area contributed by atoms with Crippen LogP contribution in [0.1, 0.15) is 37.6 Å². The second-order valence-corrected chi connectivity index (χ2v) is 8.05. The largest absolute Gasteiger partial charge is 0.489 e. The quantitative estimate of drug-likeness (QED) is 0.226. The molecule has 0 amide bonds. The summed E-state index contributed by atoms with van der Waals surface area (Å²) in [6, 6.07) is 18.2. The predicted molar refractivity (Wildman–Crippen MR) is 140 cm³/mol. The first-order valence-electron chi connectivity index (χ1n) is 11.9. The third kappa shape index (κ3) is 7.38. The lowest BCUT2D eigenvalue weighted by molar-refractivity contribution is 0.279. The lowest BCUT2D eigenvalue weighted by Crippen LogP contribution is -2.05. The summed E-state index contributed by atoms with van der Waals surface area (Å²) < 4.78 is 45.0. The van der Waals surface area contributed by atoms with E-state index in [1.807, 2.05) is 44.9 Å². The zero-order chi connectivity index (χ0) is 26.8. The Hall–Kier alpha value is -4.22. The van der Waals surface area contributed by atoms with Crippen molar-refractivity contribution in [1.29, 1.82) is 0 Å². The van der Waals surface area contributed by atoms with E-state index in [1.165, 1.54) is 6.07 Å². The topological polar surface area (TPSA) is 57.7 Å². The van der Waals surface area contributed by atoms with Crippen LogP contribution >= 0.6 is 0 Å². The number of aromatic nitrogens is 1. The van der Waals surface area contributed by atoms with Crippen LogP contribution in [0.15, 0.2) is 72.3 Å². The monoisotopic (exact) mass is 505 g/mol. The Bertz CT molecular complexity index is 1410. The first-order chi connectivity index (χ1) is 17.9. The first-order valence-corrected chi connectivity index (χ1v) is 11.9. The minimum atomic E-state index is -0.714. The summed E-state index contributed by atoms with van der Waals surface area (Å²) >= 11 is 0. The number of benzene rings is 3. The number of hydrogen-bond donors (Lipinski definition) is 0. The van der Waals surface area contributed by atoms with Gasteiger partial charge < -0.3 is 14.2 Å². The highest BCUT2D eigenvalue weighted by Crippen LogP contribution is 2.27. The van der Waals surface area contributed by atoms with E-state index in [0.717, 1.165) is 17.2 Å². The van der Waals surface area contributed by atoms with Crippen molar-refractivity contribution in [1.82, 2.24) is 4.98 Å². The van der Waals surface area contributed by atoms with Crippen LogP contribution in [0, 0.1) is 18.6 Å². The molecule has 7 heteroatoms. The number of nitrogens with zero attached hydrogens (tertiary/aromatic N) is 1. The van der Waals surface area contributed by atoms with E-state index in [1.54, 1.807) is 43.3 Å². The molecule has 0 radical (unpaired) electrons. The van der Waals surface area contributed by atoms with E-state index in [-0.39, 0.29) is 25.3 Å². The van der Waals surface area contributed by atoms with E-state index < -0.39 is 11.6 Å². The fourth-order valence-corrected chi connectivity index (χ4v) is 3.49. The normalized spacial score (nSPS) is 10.2. The smallest absolute Gasteiger partial charge is 0.152 e. The molecule has 0 bridgehead atoms. The van der Waals surface area contributed by atoms with Crippen molar-refractivity contribution in [2.24, 2.45) is 0 Å². The molecule has 0 fully saturated rings. The van der Waals surface area contributed by atoms with Gasteiger partial charge in [0.15, 0.2) is 5.82 Å². The van der Waals surface area contributed by atoms with E-state index >= 15 is 0 Å². The molecule has 4 aromatic rings. The fraction of sp³-hybridized carbons (Fsp3) is 0.233. The minimum Gasteiger partial charge on any atom is -0.489 e. The van der Waals surface area contributed by atoms with Crippen LogP contribution < -0.4 is 14.2 Å². The van der Waals surface area contributed by atoms with Crippen molar-refractivity contribution in [2.45, 2.75) is 40.9 Å². The van der Waals surface area contributed by atoms with Gasteiger partial charge in [-0.25, -0.2) is 18.6 Å². The van der Waals surface area contributed by atoms with E-state index in [4.69, 9.17) is 14.2 Å². The van der Waals surface area contributed by atoms with Crippen LogP contribution in [0.3, 0.4) is 0 Å². The van der Waals surface area contributed by atoms with Crippen LogP contribution in [0.25, 0.3) is 10.9 Å². The second kappa shape index (κ2) is 13.2. The Labute approximate surface area is 215 Å². The number of pyridine rings is 1. The highest BCUT2D eigenvalue weighted by atomic mass is 19.1. The van der Waals surface area contributed by atoms with Gasteiger partial charge in [-0.1, -0.05) is 44.2 Å². The summed E-state index contributed by atoms with van der Waals surface area (Å²) in [5.74, 6) is 2.29. The predicted octanol–water partition coefficient (Wildman–Crippen LogP) is 7.16. The summed E-state index contributed by atoms with van der Waals surface area (Å²) in [6.45, 7) is 8.11. The molecule has 0 saturated carbocycles. The van der Waals surface area contributed by atoms with E-state index in [2.05, 4.69) is 4.98 Å². The van der Waals surface area contributed by atoms with Crippen LogP contribution in [-0.2, 0) is 18.0 Å². The molecule has 0 unspecified atom stereocenters. The van der Waals surface area contributed by atoms with Gasteiger partial charge >= 0.3 is 0 Å². The third-order valence-corrected chi connectivity index (χ3v) is 5.26. The Kier molecular flexibility index (Phi) is 9.76. The van der Waals surface area contributed by atoms with Crippen molar-refractivity contribution in [3.05, 3.63) is 101 Å². The van der Waals surface area contributed by atoms with Gasteiger partial charge in [-0.05, 0) is 43.7 Å². The second-order valence-electron chi connectivity index (χ2n) is 8.05. The van der Waals surface area contributed by atoms with Gasteiger partial charge in [0.05, 0.1) is 5.69 Å². The van der Waals surface area contributed by atoms with E-state index in [9.17, 15) is 13.6 Å². The Morgan fingerprint density at radius 3 is 2.32 bits per heavy atom. The molecule has 0 aliphatic carbocycles. The molecular formula is C30H29F2NO4. The molecule has 0 aliphatic heterocycles. The fourth-order valence-electron chi connectivity index (χ4n) is 3.49. The molecule has 0 atom stereocenters. The maximum absolute atomic E-state index is 14.0. The molecule has 5 nitrogen and oxygen atoms in total. The first kappa shape index (κ1) is 27.4. The number of para-hydroxylation sites is 1. The van der Waals surface area contributed by atoms with Gasteiger partial charge in [0, 0.05) is 28.7 Å². The molecular weight excluding hydrogens is 476 g/mol. The summed E-state index contributed by atoms with van der Waals surface area (Å²) in [5, 5.41) is 0.387. The van der Waals surface area contributed by atoms with Gasteiger partial charge in [-0.2, -0.15) is 0 Å². The molecule has 4 rings (SSSR count). The van der Waals surface area contributed by atoms with Gasteiger partial charge in [-0.15, -0.1) is 0 Å². The lowest BCUT2D eigenvalue weighted by Gasteiger charge is -2.15. The number of ether oxygens (including phenoxy) is 3. The van der Waals surface area contributed by atoms with Crippen molar-refractivity contribution in [3.8, 4) is 17.2 Å². The highest BCUT2D eigenvalue weighted by molar-refractivity contribution is 5.79. The minimum absolute atomic E-state index is 0.0968. The maximum Gasteiger partial charge on any atom is 0.152 e. The molecule has 0 spiro atoms. The van der Waals surface area contributed by atoms with Crippen LogP contribution in [0.2, 0.25) is 0 Å². The van der Waals surface area contributed by atoms with Crippen LogP contribution in [-0.4, -0.2) is 17.5 Å². The molecule has 1 aromatic heterocycles. The molecule has 0 N–H and O–H groups in total. The van der Waals surface area contributed by atoms with E-state index in [0.29, 0.717) is 33.9 Å². The number of carbonyl (C=O) groups excluding carboxylic acids is 1. The van der Waals surface area contributed by atoms with Crippen molar-refractivity contribution in [2.75, 3.05) is 6.61 Å². The summed E-state index contributed by atoms with van der Waals surface area (Å²) in [7, 11) is 0. The number of halogens is 2. The lowest BCUT2D eigenvalue weighted by atomic mass is 10.1. The van der Waals surface area contributed by atoms with Gasteiger partial charge in [0.1, 0.15) is 54.3 Å².